The predicted molar refractivity (Wildman–Crippen MR) is 119 cm³/mol. The summed E-state index contributed by atoms with van der Waals surface area (Å²) in [6, 6.07) is 8.48. The van der Waals surface area contributed by atoms with Crippen molar-refractivity contribution in [2.75, 3.05) is 0 Å². The first-order chi connectivity index (χ1) is 16.1. The Morgan fingerprint density at radius 3 is 2.56 bits per heavy atom. The zero-order chi connectivity index (χ0) is 24.5. The van der Waals surface area contributed by atoms with E-state index in [4.69, 9.17) is 33.1 Å². The van der Waals surface area contributed by atoms with Gasteiger partial charge in [0.25, 0.3) is 5.89 Å². The Kier molecular flexibility index (Phi) is 6.53. The van der Waals surface area contributed by atoms with Crippen LogP contribution in [0.15, 0.2) is 53.3 Å². The summed E-state index contributed by atoms with van der Waals surface area (Å²) in [7, 11) is 1.76. The highest BCUT2D eigenvalue weighted by Crippen LogP contribution is 2.30. The minimum absolute atomic E-state index is 0.109. The lowest BCUT2D eigenvalue weighted by Gasteiger charge is -2.18. The van der Waals surface area contributed by atoms with Crippen LogP contribution >= 0.6 is 23.8 Å². The van der Waals surface area contributed by atoms with Gasteiger partial charge >= 0.3 is 6.36 Å². The first-order valence-electron chi connectivity index (χ1n) is 9.61. The second-order valence-electron chi connectivity index (χ2n) is 6.99. The molecule has 0 fully saturated rings. The lowest BCUT2D eigenvalue weighted by atomic mass is 10.1. The van der Waals surface area contributed by atoms with E-state index in [2.05, 4.69) is 24.8 Å². The summed E-state index contributed by atoms with van der Waals surface area (Å²) >= 11 is 11.2. The number of thiocarbonyl (C=S) groups is 1. The highest BCUT2D eigenvalue weighted by Gasteiger charge is 2.31. The van der Waals surface area contributed by atoms with Crippen molar-refractivity contribution in [3.05, 3.63) is 65.3 Å². The van der Waals surface area contributed by atoms with Gasteiger partial charge in [0.2, 0.25) is 5.82 Å². The van der Waals surface area contributed by atoms with Gasteiger partial charge in [0.05, 0.1) is 0 Å². The molecule has 0 amide bonds. The first kappa shape index (κ1) is 23.6. The minimum atomic E-state index is -4.78. The van der Waals surface area contributed by atoms with Crippen molar-refractivity contribution in [3.63, 3.8) is 0 Å². The van der Waals surface area contributed by atoms with Crippen molar-refractivity contribution in [3.8, 4) is 28.7 Å². The van der Waals surface area contributed by atoms with E-state index in [1.54, 1.807) is 43.1 Å². The summed E-state index contributed by atoms with van der Waals surface area (Å²) in [5.74, 6) is 0.419. The third-order valence-corrected chi connectivity index (χ3v) is 4.78. The lowest BCUT2D eigenvalue weighted by Crippen LogP contribution is -2.16. The molecule has 0 radical (unpaired) electrons. The number of rotatable bonds is 6. The maximum absolute atomic E-state index is 12.3. The Hall–Kier alpha value is -3.51. The fourth-order valence-corrected chi connectivity index (χ4v) is 3.37. The summed E-state index contributed by atoms with van der Waals surface area (Å²) in [6.07, 6.45) is -2.22. The van der Waals surface area contributed by atoms with Gasteiger partial charge in [0.1, 0.15) is 16.6 Å². The van der Waals surface area contributed by atoms with Crippen LogP contribution in [0.2, 0.25) is 5.15 Å². The van der Waals surface area contributed by atoms with Gasteiger partial charge in [-0.2, -0.15) is 4.98 Å². The fraction of sp³-hybridized carbons (Fsp3) is 0.190. The van der Waals surface area contributed by atoms with Crippen LogP contribution in [0.25, 0.3) is 23.0 Å². The molecule has 4 aromatic rings. The SMILES string of the molecule is CC(=S)OC(c1ccnc(Cl)c1)c1nc(-c2nc(-c3ccc(OC(F)(F)F)cc3)no2)cn1C. The molecule has 1 unspecified atom stereocenters. The number of pyridine rings is 1. The summed E-state index contributed by atoms with van der Waals surface area (Å²) in [5, 5.41) is 4.49. The Bertz CT molecular complexity index is 1320. The molecule has 0 N–H and O–H groups in total. The van der Waals surface area contributed by atoms with Crippen LogP contribution < -0.4 is 4.74 Å². The summed E-state index contributed by atoms with van der Waals surface area (Å²) in [5.41, 5.74) is 1.49. The van der Waals surface area contributed by atoms with Crippen LogP contribution in [-0.4, -0.2) is 36.1 Å². The van der Waals surface area contributed by atoms with E-state index < -0.39 is 12.5 Å². The molecular weight excluding hydrogens is 495 g/mol. The van der Waals surface area contributed by atoms with Crippen LogP contribution in [0.1, 0.15) is 24.4 Å². The standard InChI is InChI=1S/C21H15ClF3N5O3S/c1-11(34)31-17(13-7-8-26-16(22)9-13)19-27-15(10-30(19)2)20-28-18(29-33-20)12-3-5-14(6-4-12)32-21(23,24)25/h3-10,17H,1-2H3. The Balaban J connectivity index is 1.62. The monoisotopic (exact) mass is 509 g/mol. The van der Waals surface area contributed by atoms with Crippen LogP contribution in [0, 0.1) is 0 Å². The highest BCUT2D eigenvalue weighted by molar-refractivity contribution is 7.80. The van der Waals surface area contributed by atoms with Crippen molar-refractivity contribution >= 4 is 28.9 Å². The largest absolute Gasteiger partial charge is 0.573 e. The van der Waals surface area contributed by atoms with E-state index in [1.165, 1.54) is 12.1 Å². The van der Waals surface area contributed by atoms with Crippen molar-refractivity contribution in [2.45, 2.75) is 19.4 Å². The number of halogens is 4. The molecule has 34 heavy (non-hydrogen) atoms. The Labute approximate surface area is 201 Å². The number of nitrogens with zero attached hydrogens (tertiary/aromatic N) is 5. The average Bonchev–Trinajstić information content (AvgIpc) is 3.38. The third kappa shape index (κ3) is 5.51. The number of hydrogen-bond acceptors (Lipinski definition) is 8. The van der Waals surface area contributed by atoms with Crippen molar-refractivity contribution in [1.29, 1.82) is 0 Å². The number of ether oxygens (including phenoxy) is 2. The number of hydrogen-bond donors (Lipinski definition) is 0. The topological polar surface area (TPSA) is 88.1 Å². The molecule has 3 aromatic heterocycles. The maximum Gasteiger partial charge on any atom is 0.573 e. The van der Waals surface area contributed by atoms with E-state index in [0.29, 0.717) is 27.7 Å². The van der Waals surface area contributed by atoms with Crippen LogP contribution in [0.3, 0.4) is 0 Å². The molecule has 0 saturated heterocycles. The molecule has 4 rings (SSSR count). The molecule has 8 nitrogen and oxygen atoms in total. The summed E-state index contributed by atoms with van der Waals surface area (Å²) in [6.45, 7) is 1.64. The number of alkyl halides is 3. The van der Waals surface area contributed by atoms with Crippen LogP contribution in [0.4, 0.5) is 13.2 Å². The minimum Gasteiger partial charge on any atom is -0.472 e. The molecular formula is C21H15ClF3N5O3S. The quantitative estimate of drug-likeness (QED) is 0.247. The molecule has 0 aliphatic heterocycles. The van der Waals surface area contributed by atoms with Crippen molar-refractivity contribution in [2.24, 2.45) is 7.05 Å². The van der Waals surface area contributed by atoms with E-state index >= 15 is 0 Å². The van der Waals surface area contributed by atoms with Gasteiger partial charge in [-0.15, -0.1) is 13.2 Å². The van der Waals surface area contributed by atoms with Crippen LogP contribution in [-0.2, 0) is 11.8 Å². The Morgan fingerprint density at radius 1 is 1.18 bits per heavy atom. The molecule has 3 heterocycles. The van der Waals surface area contributed by atoms with E-state index in [-0.39, 0.29) is 22.6 Å². The van der Waals surface area contributed by atoms with E-state index in [1.807, 2.05) is 0 Å². The van der Waals surface area contributed by atoms with Gasteiger partial charge < -0.3 is 18.6 Å². The molecule has 0 bridgehead atoms. The maximum atomic E-state index is 12.3. The molecule has 0 saturated carbocycles. The number of benzene rings is 1. The number of aryl methyl sites for hydroxylation is 1. The van der Waals surface area contributed by atoms with Gasteiger partial charge in [-0.25, -0.2) is 9.97 Å². The van der Waals surface area contributed by atoms with Crippen molar-refractivity contribution in [1.82, 2.24) is 24.7 Å². The molecule has 1 atom stereocenters. The second-order valence-corrected chi connectivity index (χ2v) is 7.95. The average molecular weight is 510 g/mol. The molecule has 176 valence electrons. The van der Waals surface area contributed by atoms with Gasteiger partial charge in [0, 0.05) is 37.5 Å². The predicted octanol–water partition coefficient (Wildman–Crippen LogP) is 5.54. The first-order valence-corrected chi connectivity index (χ1v) is 10.4. The summed E-state index contributed by atoms with van der Waals surface area (Å²) in [4.78, 5) is 12.9. The molecule has 0 aliphatic carbocycles. The molecule has 0 aliphatic rings. The molecule has 1 aromatic carbocycles. The number of imidazole rings is 1. The number of aromatic nitrogens is 5. The highest BCUT2D eigenvalue weighted by atomic mass is 35.5. The van der Waals surface area contributed by atoms with Crippen molar-refractivity contribution < 1.29 is 27.2 Å². The summed E-state index contributed by atoms with van der Waals surface area (Å²) < 4.78 is 53.8. The zero-order valence-electron chi connectivity index (χ0n) is 17.6. The van der Waals surface area contributed by atoms with Gasteiger partial charge in [0.15, 0.2) is 17.0 Å². The molecule has 0 spiro atoms. The van der Waals surface area contributed by atoms with Crippen LogP contribution in [0.5, 0.6) is 5.75 Å². The smallest absolute Gasteiger partial charge is 0.472 e. The normalized spacial score (nSPS) is 12.4. The second kappa shape index (κ2) is 9.39. The van der Waals surface area contributed by atoms with Gasteiger partial charge in [-0.05, 0) is 48.6 Å². The van der Waals surface area contributed by atoms with E-state index in [9.17, 15) is 13.2 Å². The molecule has 13 heteroatoms. The Morgan fingerprint density at radius 2 is 1.91 bits per heavy atom. The zero-order valence-corrected chi connectivity index (χ0v) is 19.1. The fourth-order valence-electron chi connectivity index (χ4n) is 3.09. The van der Waals surface area contributed by atoms with E-state index in [0.717, 1.165) is 12.1 Å². The third-order valence-electron chi connectivity index (χ3n) is 4.48. The van der Waals surface area contributed by atoms with Gasteiger partial charge in [-0.3, -0.25) is 0 Å². The lowest BCUT2D eigenvalue weighted by molar-refractivity contribution is -0.274. The van der Waals surface area contributed by atoms with Gasteiger partial charge in [-0.1, -0.05) is 16.8 Å².